The number of likely N-dealkylation sites (tertiary alicyclic amines) is 1. The van der Waals surface area contributed by atoms with E-state index in [0.717, 1.165) is 24.2 Å². The zero-order valence-corrected chi connectivity index (χ0v) is 13.4. The van der Waals surface area contributed by atoms with Crippen LogP contribution in [0.2, 0.25) is 0 Å². The van der Waals surface area contributed by atoms with Crippen molar-refractivity contribution in [2.45, 2.75) is 32.8 Å². The zero-order chi connectivity index (χ0) is 15.9. The number of aryl methyl sites for hydroxylation is 1. The minimum absolute atomic E-state index is 0.0405. The number of hydrogen-bond donors (Lipinski definition) is 2. The molecule has 1 aliphatic heterocycles. The average Bonchev–Trinajstić information content (AvgIpc) is 3.02. The van der Waals surface area contributed by atoms with Crippen LogP contribution in [0.25, 0.3) is 0 Å². The third-order valence-electron chi connectivity index (χ3n) is 4.15. The van der Waals surface area contributed by atoms with E-state index in [9.17, 15) is 4.79 Å². The van der Waals surface area contributed by atoms with Crippen molar-refractivity contribution >= 4 is 6.03 Å². The van der Waals surface area contributed by atoms with Crippen molar-refractivity contribution < 1.29 is 14.6 Å². The predicted molar refractivity (Wildman–Crippen MR) is 86.1 cm³/mol. The topological polar surface area (TPSA) is 61.8 Å². The molecule has 1 aromatic rings. The van der Waals surface area contributed by atoms with Gasteiger partial charge in [-0.05, 0) is 31.4 Å². The van der Waals surface area contributed by atoms with E-state index in [1.54, 1.807) is 4.90 Å². The molecule has 0 saturated carbocycles. The molecule has 2 N–H and O–H groups in total. The SMILES string of the molecule is CCC(CNC(=O)N1CCC(CO)C1)Oc1ccccc1C. The third-order valence-corrected chi connectivity index (χ3v) is 4.15. The van der Waals surface area contributed by atoms with Crippen LogP contribution in [0.5, 0.6) is 5.75 Å². The molecule has 0 radical (unpaired) electrons. The van der Waals surface area contributed by atoms with Gasteiger partial charge < -0.3 is 20.1 Å². The summed E-state index contributed by atoms with van der Waals surface area (Å²) in [6, 6.07) is 7.83. The maximum absolute atomic E-state index is 12.1. The van der Waals surface area contributed by atoms with Crippen LogP contribution in [0.1, 0.15) is 25.3 Å². The second-order valence-electron chi connectivity index (χ2n) is 5.88. The Labute approximate surface area is 132 Å². The first kappa shape index (κ1) is 16.6. The number of benzene rings is 1. The number of hydrogen-bond acceptors (Lipinski definition) is 3. The average molecular weight is 306 g/mol. The summed E-state index contributed by atoms with van der Waals surface area (Å²) in [4.78, 5) is 13.9. The molecule has 0 aromatic heterocycles. The van der Waals surface area contributed by atoms with Gasteiger partial charge in [-0.15, -0.1) is 0 Å². The maximum Gasteiger partial charge on any atom is 0.317 e. The Kier molecular flexibility index (Phi) is 6.07. The van der Waals surface area contributed by atoms with Gasteiger partial charge in [0, 0.05) is 25.6 Å². The quantitative estimate of drug-likeness (QED) is 0.847. The first-order chi connectivity index (χ1) is 10.6. The van der Waals surface area contributed by atoms with Crippen LogP contribution < -0.4 is 10.1 Å². The highest BCUT2D eigenvalue weighted by atomic mass is 16.5. The second kappa shape index (κ2) is 8.03. The van der Waals surface area contributed by atoms with Crippen molar-refractivity contribution in [1.29, 1.82) is 0 Å². The molecule has 2 rings (SSSR count). The normalized spacial score (nSPS) is 19.0. The zero-order valence-electron chi connectivity index (χ0n) is 13.4. The van der Waals surface area contributed by atoms with Gasteiger partial charge in [-0.3, -0.25) is 0 Å². The van der Waals surface area contributed by atoms with Gasteiger partial charge in [0.05, 0.1) is 6.54 Å². The molecule has 1 heterocycles. The fourth-order valence-electron chi connectivity index (χ4n) is 2.62. The van der Waals surface area contributed by atoms with Gasteiger partial charge in [0.2, 0.25) is 0 Å². The monoisotopic (exact) mass is 306 g/mol. The van der Waals surface area contributed by atoms with Crippen molar-refractivity contribution in [1.82, 2.24) is 10.2 Å². The Morgan fingerprint density at radius 2 is 2.27 bits per heavy atom. The lowest BCUT2D eigenvalue weighted by Crippen LogP contribution is -2.43. The molecule has 122 valence electrons. The number of ether oxygens (including phenoxy) is 1. The number of aliphatic hydroxyl groups excluding tert-OH is 1. The largest absolute Gasteiger partial charge is 0.488 e. The van der Waals surface area contributed by atoms with E-state index < -0.39 is 0 Å². The highest BCUT2D eigenvalue weighted by Crippen LogP contribution is 2.19. The standard InChI is InChI=1S/C17H26N2O3/c1-3-15(22-16-7-5-4-6-13(16)2)10-18-17(21)19-9-8-14(11-19)12-20/h4-7,14-15,20H,3,8-12H2,1-2H3,(H,18,21). The van der Waals surface area contributed by atoms with Crippen LogP contribution in [0.3, 0.4) is 0 Å². The fraction of sp³-hybridized carbons (Fsp3) is 0.588. The van der Waals surface area contributed by atoms with E-state index in [-0.39, 0.29) is 24.7 Å². The van der Waals surface area contributed by atoms with E-state index in [4.69, 9.17) is 9.84 Å². The highest BCUT2D eigenvalue weighted by molar-refractivity contribution is 5.74. The number of aliphatic hydroxyl groups is 1. The van der Waals surface area contributed by atoms with Crippen molar-refractivity contribution in [2.75, 3.05) is 26.2 Å². The Morgan fingerprint density at radius 3 is 2.91 bits per heavy atom. The first-order valence-corrected chi connectivity index (χ1v) is 8.00. The van der Waals surface area contributed by atoms with E-state index >= 15 is 0 Å². The van der Waals surface area contributed by atoms with Gasteiger partial charge in [-0.25, -0.2) is 4.79 Å². The van der Waals surface area contributed by atoms with Gasteiger partial charge >= 0.3 is 6.03 Å². The third kappa shape index (κ3) is 4.37. The maximum atomic E-state index is 12.1. The van der Waals surface area contributed by atoms with Gasteiger partial charge in [0.1, 0.15) is 11.9 Å². The van der Waals surface area contributed by atoms with Gasteiger partial charge in [0.25, 0.3) is 0 Å². The number of amides is 2. The summed E-state index contributed by atoms with van der Waals surface area (Å²) >= 11 is 0. The van der Waals surface area contributed by atoms with E-state index in [1.807, 2.05) is 38.1 Å². The van der Waals surface area contributed by atoms with Crippen LogP contribution >= 0.6 is 0 Å². The minimum Gasteiger partial charge on any atom is -0.488 e. The van der Waals surface area contributed by atoms with Crippen LogP contribution in [0.4, 0.5) is 4.79 Å². The van der Waals surface area contributed by atoms with E-state index in [2.05, 4.69) is 5.32 Å². The Balaban J connectivity index is 1.81. The smallest absolute Gasteiger partial charge is 0.317 e. The summed E-state index contributed by atoms with van der Waals surface area (Å²) in [5.74, 6) is 1.08. The minimum atomic E-state index is -0.0669. The summed E-state index contributed by atoms with van der Waals surface area (Å²) < 4.78 is 5.98. The lowest BCUT2D eigenvalue weighted by Gasteiger charge is -2.22. The molecule has 1 aliphatic rings. The molecule has 1 aromatic carbocycles. The number of rotatable bonds is 6. The van der Waals surface area contributed by atoms with Crippen molar-refractivity contribution in [3.63, 3.8) is 0 Å². The number of nitrogens with one attached hydrogen (secondary N) is 1. The Hall–Kier alpha value is -1.75. The molecular weight excluding hydrogens is 280 g/mol. The summed E-state index contributed by atoms with van der Waals surface area (Å²) in [6.45, 7) is 6.05. The number of nitrogens with zero attached hydrogens (tertiary/aromatic N) is 1. The molecular formula is C17H26N2O3. The van der Waals surface area contributed by atoms with E-state index in [0.29, 0.717) is 19.6 Å². The summed E-state index contributed by atoms with van der Waals surface area (Å²) in [5.41, 5.74) is 1.10. The van der Waals surface area contributed by atoms with Crippen LogP contribution in [0.15, 0.2) is 24.3 Å². The second-order valence-corrected chi connectivity index (χ2v) is 5.88. The molecule has 2 unspecified atom stereocenters. The van der Waals surface area contributed by atoms with E-state index in [1.165, 1.54) is 0 Å². The highest BCUT2D eigenvalue weighted by Gasteiger charge is 2.25. The number of carbonyl (C=O) groups excluding carboxylic acids is 1. The number of carbonyl (C=O) groups is 1. The van der Waals surface area contributed by atoms with Crippen LogP contribution in [-0.4, -0.2) is 48.4 Å². The Bertz CT molecular complexity index is 493. The Morgan fingerprint density at radius 1 is 1.50 bits per heavy atom. The number of para-hydroxylation sites is 1. The lowest BCUT2D eigenvalue weighted by atomic mass is 10.1. The molecule has 0 aliphatic carbocycles. The molecule has 1 fully saturated rings. The van der Waals surface area contributed by atoms with Crippen LogP contribution in [-0.2, 0) is 0 Å². The molecule has 2 atom stereocenters. The molecule has 5 nitrogen and oxygen atoms in total. The fourth-order valence-corrected chi connectivity index (χ4v) is 2.62. The van der Waals surface area contributed by atoms with Crippen molar-refractivity contribution in [3.8, 4) is 5.75 Å². The van der Waals surface area contributed by atoms with Crippen molar-refractivity contribution in [3.05, 3.63) is 29.8 Å². The predicted octanol–water partition coefficient (Wildman–Crippen LogP) is 2.18. The molecule has 5 heteroatoms. The summed E-state index contributed by atoms with van der Waals surface area (Å²) in [6.07, 6.45) is 1.66. The van der Waals surface area contributed by atoms with Crippen molar-refractivity contribution in [2.24, 2.45) is 5.92 Å². The lowest BCUT2D eigenvalue weighted by molar-refractivity contribution is 0.174. The van der Waals surface area contributed by atoms with Gasteiger partial charge in [-0.1, -0.05) is 25.1 Å². The van der Waals surface area contributed by atoms with Gasteiger partial charge in [0.15, 0.2) is 0 Å². The summed E-state index contributed by atoms with van der Waals surface area (Å²) in [7, 11) is 0. The first-order valence-electron chi connectivity index (χ1n) is 8.00. The molecule has 2 amide bonds. The van der Waals surface area contributed by atoms with Gasteiger partial charge in [-0.2, -0.15) is 0 Å². The molecule has 0 bridgehead atoms. The molecule has 22 heavy (non-hydrogen) atoms. The van der Waals surface area contributed by atoms with Crippen LogP contribution in [0, 0.1) is 12.8 Å². The molecule has 0 spiro atoms. The summed E-state index contributed by atoms with van der Waals surface area (Å²) in [5, 5.41) is 12.1. The number of urea groups is 1. The molecule has 1 saturated heterocycles.